The zero-order valence-corrected chi connectivity index (χ0v) is 24.4. The maximum absolute atomic E-state index is 4.35. The Hall–Kier alpha value is -4.15. The second-order valence-corrected chi connectivity index (χ2v) is 12.0. The van der Waals surface area contributed by atoms with Crippen molar-refractivity contribution in [3.8, 4) is 0 Å². The second kappa shape index (κ2) is 14.1. The van der Waals surface area contributed by atoms with Crippen molar-refractivity contribution < 1.29 is 0 Å². The summed E-state index contributed by atoms with van der Waals surface area (Å²) in [5, 5.41) is -0.106. The van der Waals surface area contributed by atoms with Crippen LogP contribution in [0.5, 0.6) is 0 Å². The molecule has 0 amide bonds. The van der Waals surface area contributed by atoms with Gasteiger partial charge < -0.3 is 4.57 Å². The molecule has 0 spiro atoms. The van der Waals surface area contributed by atoms with Crippen molar-refractivity contribution in [3.63, 3.8) is 0 Å². The molecule has 0 saturated carbocycles. The quantitative estimate of drug-likeness (QED) is 0.166. The van der Waals surface area contributed by atoms with Crippen LogP contribution in [0, 0.1) is 0 Å². The van der Waals surface area contributed by atoms with Crippen LogP contribution < -0.4 is 10.9 Å². The summed E-state index contributed by atoms with van der Waals surface area (Å²) in [5.74, 6) is 1.99. The first kappa shape index (κ1) is 27.9. The van der Waals surface area contributed by atoms with Crippen LogP contribution in [0.1, 0.15) is 25.0 Å². The highest BCUT2D eigenvalue weighted by molar-refractivity contribution is 6.89. The summed E-state index contributed by atoms with van der Waals surface area (Å²) in [6.45, 7) is 8.57. The van der Waals surface area contributed by atoms with Crippen LogP contribution in [0.3, 0.4) is 0 Å². The van der Waals surface area contributed by atoms with Gasteiger partial charge in [0.25, 0.3) is 0 Å². The molecule has 0 unspecified atom stereocenters. The minimum absolute atomic E-state index is 0.106. The van der Waals surface area contributed by atoms with E-state index in [4.69, 9.17) is 0 Å². The SMILES string of the molecule is C=CB(c1ccccc1)c1ccccc1.CC(C)=CC[SiH2]C(c1ccccc1)(c1ccccc1)n1ccnc1. The summed E-state index contributed by atoms with van der Waals surface area (Å²) < 4.78 is 2.31. The summed E-state index contributed by atoms with van der Waals surface area (Å²) in [6.07, 6.45) is 8.34. The highest BCUT2D eigenvalue weighted by Crippen LogP contribution is 2.34. The number of imidazole rings is 1. The van der Waals surface area contributed by atoms with Crippen molar-refractivity contribution in [2.24, 2.45) is 0 Å². The summed E-state index contributed by atoms with van der Waals surface area (Å²) in [6, 6.07) is 43.8. The Balaban J connectivity index is 0.000000202. The lowest BCUT2D eigenvalue weighted by Crippen LogP contribution is -2.41. The van der Waals surface area contributed by atoms with Gasteiger partial charge in [-0.3, -0.25) is 0 Å². The topological polar surface area (TPSA) is 17.8 Å². The zero-order chi connectivity index (χ0) is 27.3. The Bertz CT molecular complexity index is 1330. The molecule has 0 radical (unpaired) electrons. The predicted octanol–water partition coefficient (Wildman–Crippen LogP) is 6.21. The molecule has 1 heterocycles. The van der Waals surface area contributed by atoms with E-state index in [-0.39, 0.29) is 5.16 Å². The van der Waals surface area contributed by atoms with Gasteiger partial charge in [-0.25, -0.2) is 4.98 Å². The lowest BCUT2D eigenvalue weighted by Gasteiger charge is -2.36. The average molecular weight is 525 g/mol. The third kappa shape index (κ3) is 7.04. The van der Waals surface area contributed by atoms with Crippen molar-refractivity contribution >= 4 is 27.2 Å². The van der Waals surface area contributed by atoms with Gasteiger partial charge >= 0.3 is 0 Å². The van der Waals surface area contributed by atoms with E-state index in [1.807, 2.05) is 30.6 Å². The van der Waals surface area contributed by atoms with E-state index in [9.17, 15) is 0 Å². The third-order valence-corrected chi connectivity index (χ3v) is 9.54. The van der Waals surface area contributed by atoms with Crippen LogP contribution in [-0.4, -0.2) is 25.8 Å². The van der Waals surface area contributed by atoms with Gasteiger partial charge in [0.15, 0.2) is 0 Å². The van der Waals surface area contributed by atoms with E-state index in [2.05, 4.69) is 151 Å². The molecule has 0 aliphatic carbocycles. The van der Waals surface area contributed by atoms with Crippen LogP contribution in [0.4, 0.5) is 0 Å². The number of allylic oxidation sites excluding steroid dienone is 2. The fourth-order valence-electron chi connectivity index (χ4n) is 5.15. The number of nitrogens with zero attached hydrogens (tertiary/aromatic N) is 2. The van der Waals surface area contributed by atoms with E-state index >= 15 is 0 Å². The lowest BCUT2D eigenvalue weighted by atomic mass is 9.41. The fourth-order valence-corrected chi connectivity index (χ4v) is 7.78. The molecule has 2 nitrogen and oxygen atoms in total. The molecule has 0 saturated heterocycles. The van der Waals surface area contributed by atoms with Crippen molar-refractivity contribution in [1.82, 2.24) is 9.55 Å². The Morgan fingerprint density at radius 3 is 1.62 bits per heavy atom. The van der Waals surface area contributed by atoms with Crippen molar-refractivity contribution in [3.05, 3.63) is 175 Å². The molecule has 39 heavy (non-hydrogen) atoms. The van der Waals surface area contributed by atoms with Crippen LogP contribution in [-0.2, 0) is 5.16 Å². The molecular weight excluding hydrogens is 487 g/mol. The Kier molecular flexibility index (Phi) is 10.1. The molecule has 5 rings (SSSR count). The molecule has 4 aromatic carbocycles. The standard InChI is InChI=1S/C21H24N2Si.C14H13B/c1-18(2)13-16-24-21(23-15-14-22-17-23,19-9-5-3-6-10-19)20-11-7-4-8-12-20;1-2-15(13-9-5-3-6-10-13)14-11-7-4-8-12-14/h3-15,17H,16,24H2,1-2H3;2-12H,1H2. The van der Waals surface area contributed by atoms with Crippen LogP contribution in [0.2, 0.25) is 6.04 Å². The van der Waals surface area contributed by atoms with E-state index in [0.717, 1.165) is 6.04 Å². The molecule has 4 heteroatoms. The molecule has 0 N–H and O–H groups in total. The van der Waals surface area contributed by atoms with Gasteiger partial charge in [0.2, 0.25) is 6.71 Å². The normalized spacial score (nSPS) is 10.9. The molecule has 0 aliphatic rings. The lowest BCUT2D eigenvalue weighted by molar-refractivity contribution is 0.592. The third-order valence-electron chi connectivity index (χ3n) is 7.06. The Morgan fingerprint density at radius 1 is 0.769 bits per heavy atom. The van der Waals surface area contributed by atoms with Gasteiger partial charge in [-0.15, -0.1) is 12.6 Å². The molecule has 0 bridgehead atoms. The highest BCUT2D eigenvalue weighted by atomic mass is 28.2. The number of hydrogen-bond acceptors (Lipinski definition) is 1. The van der Waals surface area contributed by atoms with Crippen molar-refractivity contribution in [2.75, 3.05) is 0 Å². The number of benzene rings is 4. The second-order valence-electron chi connectivity index (χ2n) is 9.92. The van der Waals surface area contributed by atoms with Gasteiger partial charge in [0.05, 0.1) is 21.0 Å². The minimum atomic E-state index is -0.543. The first-order valence-electron chi connectivity index (χ1n) is 13.6. The summed E-state index contributed by atoms with van der Waals surface area (Å²) in [5.41, 5.74) is 6.67. The monoisotopic (exact) mass is 524 g/mol. The summed E-state index contributed by atoms with van der Waals surface area (Å²) in [4.78, 5) is 4.35. The molecule has 1 aromatic heterocycles. The molecular formula is C35H37BN2Si. The highest BCUT2D eigenvalue weighted by Gasteiger charge is 2.35. The first-order chi connectivity index (χ1) is 19.1. The zero-order valence-electron chi connectivity index (χ0n) is 23.0. The maximum atomic E-state index is 4.35. The number of aromatic nitrogens is 2. The predicted molar refractivity (Wildman–Crippen MR) is 172 cm³/mol. The molecule has 0 atom stereocenters. The van der Waals surface area contributed by atoms with Gasteiger partial charge in [-0.1, -0.05) is 144 Å². The first-order valence-corrected chi connectivity index (χ1v) is 15.3. The smallest absolute Gasteiger partial charge is 0.233 e. The fraction of sp³-hybridized carbons (Fsp3) is 0.114. The molecule has 194 valence electrons. The Labute approximate surface area is 236 Å². The van der Waals surface area contributed by atoms with Gasteiger partial charge in [-0.05, 0) is 31.0 Å². The molecule has 0 fully saturated rings. The molecule has 5 aromatic rings. The summed E-state index contributed by atoms with van der Waals surface area (Å²) >= 11 is 0. The van der Waals surface area contributed by atoms with Gasteiger partial charge in [0, 0.05) is 12.4 Å². The van der Waals surface area contributed by atoms with E-state index in [1.165, 1.54) is 27.6 Å². The van der Waals surface area contributed by atoms with Crippen molar-refractivity contribution in [1.29, 1.82) is 0 Å². The maximum Gasteiger partial charge on any atom is 0.233 e. The minimum Gasteiger partial charge on any atom is -0.327 e. The average Bonchev–Trinajstić information content (AvgIpc) is 3.54. The van der Waals surface area contributed by atoms with E-state index in [0.29, 0.717) is 6.71 Å². The van der Waals surface area contributed by atoms with E-state index in [1.54, 1.807) is 0 Å². The molecule has 0 aliphatic heterocycles. The largest absolute Gasteiger partial charge is 0.327 e. The summed E-state index contributed by atoms with van der Waals surface area (Å²) in [7, 11) is -0.543. The van der Waals surface area contributed by atoms with Gasteiger partial charge in [0.1, 0.15) is 0 Å². The van der Waals surface area contributed by atoms with Crippen LogP contribution >= 0.6 is 0 Å². The van der Waals surface area contributed by atoms with Crippen LogP contribution in [0.15, 0.2) is 164 Å². The van der Waals surface area contributed by atoms with E-state index < -0.39 is 9.52 Å². The number of hydrogen-bond donors (Lipinski definition) is 0. The van der Waals surface area contributed by atoms with Gasteiger partial charge in [-0.2, -0.15) is 0 Å². The Morgan fingerprint density at radius 2 is 1.23 bits per heavy atom. The van der Waals surface area contributed by atoms with Crippen LogP contribution in [0.25, 0.3) is 0 Å². The number of rotatable bonds is 9. The van der Waals surface area contributed by atoms with Crippen molar-refractivity contribution in [2.45, 2.75) is 25.1 Å².